The van der Waals surface area contributed by atoms with Crippen molar-refractivity contribution in [3.63, 3.8) is 0 Å². The number of hydrogen-bond donors (Lipinski definition) is 3. The van der Waals surface area contributed by atoms with Crippen LogP contribution in [0.4, 0.5) is 5.82 Å². The molecule has 2 aromatic rings. The highest BCUT2D eigenvalue weighted by molar-refractivity contribution is 5.49. The molecule has 2 heterocycles. The number of aryl methyl sites for hydroxylation is 1. The van der Waals surface area contributed by atoms with Gasteiger partial charge in [0.05, 0.1) is 0 Å². The molecule has 92 valence electrons. The van der Waals surface area contributed by atoms with Crippen molar-refractivity contribution in [1.29, 1.82) is 0 Å². The molecule has 0 bridgehead atoms. The van der Waals surface area contributed by atoms with Crippen molar-refractivity contribution in [2.24, 2.45) is 0 Å². The average Bonchev–Trinajstić information content (AvgIpc) is 2.60. The van der Waals surface area contributed by atoms with E-state index in [1.807, 2.05) is 6.92 Å². The molecule has 2 rings (SSSR count). The Morgan fingerprint density at radius 2 is 2.41 bits per heavy atom. The van der Waals surface area contributed by atoms with Gasteiger partial charge in [-0.25, -0.2) is 19.3 Å². The fourth-order valence-corrected chi connectivity index (χ4v) is 1.69. The zero-order chi connectivity index (χ0) is 12.4. The highest BCUT2D eigenvalue weighted by Gasteiger charge is 2.08. The fourth-order valence-electron chi connectivity index (χ4n) is 1.69. The summed E-state index contributed by atoms with van der Waals surface area (Å²) in [5.41, 5.74) is 0.237. The first-order chi connectivity index (χ1) is 8.11. The largest absolute Gasteiger partial charge is 0.396 e. The number of aliphatic hydroxyl groups is 1. The van der Waals surface area contributed by atoms with E-state index in [-0.39, 0.29) is 18.3 Å². The highest BCUT2D eigenvalue weighted by atomic mass is 16.3. The number of nitrogens with zero attached hydrogens (tertiary/aromatic N) is 3. The van der Waals surface area contributed by atoms with Crippen LogP contribution < -0.4 is 11.0 Å². The van der Waals surface area contributed by atoms with Crippen molar-refractivity contribution in [3.8, 4) is 0 Å². The lowest BCUT2D eigenvalue weighted by Gasteiger charge is -2.13. The van der Waals surface area contributed by atoms with E-state index >= 15 is 0 Å². The number of rotatable bonds is 4. The summed E-state index contributed by atoms with van der Waals surface area (Å²) >= 11 is 0. The Morgan fingerprint density at radius 3 is 3.12 bits per heavy atom. The van der Waals surface area contributed by atoms with E-state index < -0.39 is 0 Å². The number of nitrogens with one attached hydrogen (secondary N) is 2. The van der Waals surface area contributed by atoms with Gasteiger partial charge < -0.3 is 10.4 Å². The Labute approximate surface area is 97.5 Å². The predicted molar refractivity (Wildman–Crippen MR) is 63.1 cm³/mol. The second kappa shape index (κ2) is 4.54. The normalized spacial score (nSPS) is 12.9. The van der Waals surface area contributed by atoms with Crippen molar-refractivity contribution < 1.29 is 5.11 Å². The standard InChI is InChI=1S/C10H15N5O2/c1-6(3-4-16)11-8-5-9-13-14-10(17)15(9)7(2)12-8/h5-6,11,16H,3-4H2,1-2H3,(H,14,17). The summed E-state index contributed by atoms with van der Waals surface area (Å²) in [6.07, 6.45) is 0.638. The lowest BCUT2D eigenvalue weighted by Crippen LogP contribution is -2.19. The molecule has 2 aromatic heterocycles. The first-order valence-electron chi connectivity index (χ1n) is 5.44. The average molecular weight is 237 g/mol. The van der Waals surface area contributed by atoms with Gasteiger partial charge in [0.1, 0.15) is 11.6 Å². The number of hydrogen-bond acceptors (Lipinski definition) is 5. The Bertz CT molecular complexity index is 574. The van der Waals surface area contributed by atoms with Gasteiger partial charge in [0.15, 0.2) is 5.65 Å². The molecular weight excluding hydrogens is 222 g/mol. The van der Waals surface area contributed by atoms with Crippen LogP contribution >= 0.6 is 0 Å². The molecule has 0 spiro atoms. The van der Waals surface area contributed by atoms with Crippen LogP contribution in [-0.2, 0) is 0 Å². The summed E-state index contributed by atoms with van der Waals surface area (Å²) in [6, 6.07) is 1.80. The minimum atomic E-state index is -0.292. The monoisotopic (exact) mass is 237 g/mol. The summed E-state index contributed by atoms with van der Waals surface area (Å²) < 4.78 is 1.40. The van der Waals surface area contributed by atoms with Crippen LogP contribution in [0.5, 0.6) is 0 Å². The van der Waals surface area contributed by atoms with Gasteiger partial charge in [-0.05, 0) is 20.3 Å². The van der Waals surface area contributed by atoms with Gasteiger partial charge in [-0.1, -0.05) is 0 Å². The smallest absolute Gasteiger partial charge is 0.349 e. The van der Waals surface area contributed by atoms with Crippen molar-refractivity contribution >= 4 is 11.5 Å². The maximum atomic E-state index is 11.4. The maximum absolute atomic E-state index is 11.4. The molecule has 3 N–H and O–H groups in total. The highest BCUT2D eigenvalue weighted by Crippen LogP contribution is 2.09. The Balaban J connectivity index is 2.34. The third-order valence-electron chi connectivity index (χ3n) is 2.53. The summed E-state index contributed by atoms with van der Waals surface area (Å²) in [4.78, 5) is 15.7. The van der Waals surface area contributed by atoms with Crippen LogP contribution in [0, 0.1) is 6.92 Å². The predicted octanol–water partition coefficient (Wildman–Crippen LogP) is -0.0912. The molecule has 0 saturated heterocycles. The van der Waals surface area contributed by atoms with Crippen LogP contribution in [0.25, 0.3) is 5.65 Å². The van der Waals surface area contributed by atoms with E-state index in [1.54, 1.807) is 13.0 Å². The molecule has 0 aliphatic heterocycles. The molecule has 0 radical (unpaired) electrons. The third kappa shape index (κ3) is 2.28. The van der Waals surface area contributed by atoms with Crippen molar-refractivity contribution in [1.82, 2.24) is 19.6 Å². The number of anilines is 1. The number of aromatic nitrogens is 4. The van der Waals surface area contributed by atoms with E-state index in [0.717, 1.165) is 0 Å². The number of fused-ring (bicyclic) bond motifs is 1. The molecule has 7 nitrogen and oxygen atoms in total. The SMILES string of the molecule is Cc1nc(NC(C)CCO)cc2n[nH]c(=O)n12. The summed E-state index contributed by atoms with van der Waals surface area (Å²) in [5, 5.41) is 18.2. The summed E-state index contributed by atoms with van der Waals surface area (Å²) in [6.45, 7) is 3.82. The van der Waals surface area contributed by atoms with Gasteiger partial charge in [-0.2, -0.15) is 5.10 Å². The lowest BCUT2D eigenvalue weighted by molar-refractivity contribution is 0.282. The minimum Gasteiger partial charge on any atom is -0.396 e. The van der Waals surface area contributed by atoms with E-state index in [4.69, 9.17) is 5.11 Å². The van der Waals surface area contributed by atoms with Crippen molar-refractivity contribution in [2.45, 2.75) is 26.3 Å². The van der Waals surface area contributed by atoms with E-state index in [9.17, 15) is 4.79 Å². The Hall–Kier alpha value is -1.89. The summed E-state index contributed by atoms with van der Waals surface area (Å²) in [7, 11) is 0. The van der Waals surface area contributed by atoms with Crippen LogP contribution in [0.15, 0.2) is 10.9 Å². The molecule has 1 unspecified atom stereocenters. The van der Waals surface area contributed by atoms with Gasteiger partial charge in [0, 0.05) is 18.7 Å². The van der Waals surface area contributed by atoms with Gasteiger partial charge in [-0.3, -0.25) is 0 Å². The number of H-pyrrole nitrogens is 1. The molecule has 0 amide bonds. The van der Waals surface area contributed by atoms with Gasteiger partial charge in [0.25, 0.3) is 0 Å². The lowest BCUT2D eigenvalue weighted by atomic mass is 10.2. The third-order valence-corrected chi connectivity index (χ3v) is 2.53. The van der Waals surface area contributed by atoms with Crippen molar-refractivity contribution in [3.05, 3.63) is 22.4 Å². The zero-order valence-corrected chi connectivity index (χ0v) is 9.77. The number of aromatic amines is 1. The molecule has 7 heteroatoms. The molecule has 0 aliphatic carbocycles. The first-order valence-corrected chi connectivity index (χ1v) is 5.44. The minimum absolute atomic E-state index is 0.111. The molecule has 0 fully saturated rings. The quantitative estimate of drug-likeness (QED) is 0.690. The van der Waals surface area contributed by atoms with E-state index in [0.29, 0.717) is 23.7 Å². The van der Waals surface area contributed by atoms with Crippen molar-refractivity contribution in [2.75, 3.05) is 11.9 Å². The number of aliphatic hydroxyl groups excluding tert-OH is 1. The summed E-state index contributed by atoms with van der Waals surface area (Å²) in [5.74, 6) is 1.22. The van der Waals surface area contributed by atoms with Crippen LogP contribution in [0.2, 0.25) is 0 Å². The Morgan fingerprint density at radius 1 is 1.65 bits per heavy atom. The van der Waals surface area contributed by atoms with E-state index in [2.05, 4.69) is 20.5 Å². The molecular formula is C10H15N5O2. The molecule has 0 saturated carbocycles. The second-order valence-corrected chi connectivity index (χ2v) is 3.97. The van der Waals surface area contributed by atoms with Crippen LogP contribution in [0.1, 0.15) is 19.2 Å². The topological polar surface area (TPSA) is 95.3 Å². The second-order valence-electron chi connectivity index (χ2n) is 3.97. The van der Waals surface area contributed by atoms with Gasteiger partial charge in [0.2, 0.25) is 0 Å². The molecule has 0 aromatic carbocycles. The maximum Gasteiger partial charge on any atom is 0.349 e. The Kier molecular flexibility index (Phi) is 3.10. The van der Waals surface area contributed by atoms with E-state index in [1.165, 1.54) is 4.40 Å². The van der Waals surface area contributed by atoms with Gasteiger partial charge in [-0.15, -0.1) is 0 Å². The molecule has 1 atom stereocenters. The molecule has 0 aliphatic rings. The van der Waals surface area contributed by atoms with Crippen LogP contribution in [0.3, 0.4) is 0 Å². The van der Waals surface area contributed by atoms with Crippen LogP contribution in [-0.4, -0.2) is 37.3 Å². The van der Waals surface area contributed by atoms with Gasteiger partial charge >= 0.3 is 5.69 Å². The fraction of sp³-hybridized carbons (Fsp3) is 0.500. The first kappa shape index (κ1) is 11.6. The molecule has 17 heavy (non-hydrogen) atoms. The zero-order valence-electron chi connectivity index (χ0n) is 9.77.